The summed E-state index contributed by atoms with van der Waals surface area (Å²) in [6.45, 7) is 4.10. The van der Waals surface area contributed by atoms with Crippen LogP contribution in [0.1, 0.15) is 48.4 Å². The first-order valence-electron chi connectivity index (χ1n) is 11.3. The van der Waals surface area contributed by atoms with Gasteiger partial charge in [-0.15, -0.1) is 0 Å². The molecule has 1 aromatic heterocycles. The average Bonchev–Trinajstić information content (AvgIpc) is 2.76. The van der Waals surface area contributed by atoms with Gasteiger partial charge in [0.2, 0.25) is 5.91 Å². The molecule has 0 bridgehead atoms. The molecule has 2 aromatic carbocycles. The Hall–Kier alpha value is -2.67. The maximum atomic E-state index is 12.4. The molecule has 0 amide bonds. The number of fused-ring (bicyclic) bond motifs is 3. The SMILES string of the molecule is Cc1cc(CCC(O)(O)NC(C)COc2ccccc2)c2c3c(c(=O)oc2c1)CCCC3. The Labute approximate surface area is 187 Å². The first-order valence-corrected chi connectivity index (χ1v) is 11.3. The van der Waals surface area contributed by atoms with E-state index in [0.29, 0.717) is 18.6 Å². The molecule has 0 aliphatic heterocycles. The molecule has 170 valence electrons. The molecular weight excluding hydrogens is 406 g/mol. The second-order valence-corrected chi connectivity index (χ2v) is 8.84. The highest BCUT2D eigenvalue weighted by molar-refractivity contribution is 5.86. The molecule has 6 nitrogen and oxygen atoms in total. The number of aliphatic hydroxyl groups is 2. The minimum atomic E-state index is -2.05. The molecule has 1 atom stereocenters. The summed E-state index contributed by atoms with van der Waals surface area (Å²) in [6, 6.07) is 13.1. The number of para-hydroxylation sites is 1. The lowest BCUT2D eigenvalue weighted by molar-refractivity contribution is -0.195. The fraction of sp³-hybridized carbons (Fsp3) is 0.423. The monoisotopic (exact) mass is 437 g/mol. The van der Waals surface area contributed by atoms with E-state index in [9.17, 15) is 15.0 Å². The van der Waals surface area contributed by atoms with Crippen LogP contribution in [-0.4, -0.2) is 28.8 Å². The minimum absolute atomic E-state index is 0.0924. The molecule has 1 aliphatic rings. The van der Waals surface area contributed by atoms with Gasteiger partial charge < -0.3 is 19.4 Å². The molecule has 0 saturated heterocycles. The van der Waals surface area contributed by atoms with Gasteiger partial charge in [-0.3, -0.25) is 5.32 Å². The predicted octanol–water partition coefficient (Wildman–Crippen LogP) is 3.61. The zero-order valence-corrected chi connectivity index (χ0v) is 18.7. The predicted molar refractivity (Wildman–Crippen MR) is 124 cm³/mol. The first kappa shape index (κ1) is 22.5. The number of rotatable bonds is 8. The maximum absolute atomic E-state index is 12.4. The molecule has 1 heterocycles. The van der Waals surface area contributed by atoms with Gasteiger partial charge in [0, 0.05) is 23.4 Å². The van der Waals surface area contributed by atoms with Crippen molar-refractivity contribution < 1.29 is 19.4 Å². The van der Waals surface area contributed by atoms with E-state index in [1.807, 2.05) is 50.2 Å². The van der Waals surface area contributed by atoms with Crippen molar-refractivity contribution in [3.63, 3.8) is 0 Å². The van der Waals surface area contributed by atoms with Crippen LogP contribution in [0.5, 0.6) is 5.75 Å². The number of hydrogen-bond acceptors (Lipinski definition) is 6. The fourth-order valence-corrected chi connectivity index (χ4v) is 4.57. The van der Waals surface area contributed by atoms with Crippen molar-refractivity contribution in [1.29, 1.82) is 0 Å². The summed E-state index contributed by atoms with van der Waals surface area (Å²) >= 11 is 0. The van der Waals surface area contributed by atoms with Crippen LogP contribution >= 0.6 is 0 Å². The Morgan fingerprint density at radius 2 is 1.84 bits per heavy atom. The van der Waals surface area contributed by atoms with E-state index in [1.165, 1.54) is 0 Å². The summed E-state index contributed by atoms with van der Waals surface area (Å²) in [6.07, 6.45) is 4.16. The smallest absolute Gasteiger partial charge is 0.339 e. The quantitative estimate of drug-likeness (QED) is 0.368. The van der Waals surface area contributed by atoms with Gasteiger partial charge in [0.1, 0.15) is 17.9 Å². The topological polar surface area (TPSA) is 91.9 Å². The summed E-state index contributed by atoms with van der Waals surface area (Å²) in [5.41, 5.74) is 4.14. The van der Waals surface area contributed by atoms with Crippen LogP contribution in [-0.2, 0) is 19.3 Å². The summed E-state index contributed by atoms with van der Waals surface area (Å²) in [5, 5.41) is 25.0. The average molecular weight is 438 g/mol. The summed E-state index contributed by atoms with van der Waals surface area (Å²) in [4.78, 5) is 12.4. The normalized spacial score (nSPS) is 14.9. The summed E-state index contributed by atoms with van der Waals surface area (Å²) < 4.78 is 11.3. The molecule has 0 saturated carbocycles. The molecule has 0 fully saturated rings. The van der Waals surface area contributed by atoms with Crippen LogP contribution < -0.4 is 15.7 Å². The molecule has 4 rings (SSSR count). The van der Waals surface area contributed by atoms with Crippen molar-refractivity contribution in [2.45, 2.75) is 64.3 Å². The molecule has 32 heavy (non-hydrogen) atoms. The zero-order valence-electron chi connectivity index (χ0n) is 18.7. The molecule has 3 aromatic rings. The first-order chi connectivity index (χ1) is 15.3. The minimum Gasteiger partial charge on any atom is -0.492 e. The van der Waals surface area contributed by atoms with E-state index in [1.54, 1.807) is 0 Å². The Morgan fingerprint density at radius 1 is 1.12 bits per heavy atom. The van der Waals surface area contributed by atoms with E-state index in [0.717, 1.165) is 59.1 Å². The third-order valence-corrected chi connectivity index (χ3v) is 6.01. The van der Waals surface area contributed by atoms with E-state index >= 15 is 0 Å². The third kappa shape index (κ3) is 5.21. The number of ether oxygens (including phenoxy) is 1. The maximum Gasteiger partial charge on any atom is 0.339 e. The van der Waals surface area contributed by atoms with Crippen LogP contribution in [0.3, 0.4) is 0 Å². The lowest BCUT2D eigenvalue weighted by Crippen LogP contribution is -2.51. The van der Waals surface area contributed by atoms with Crippen molar-refractivity contribution in [2.75, 3.05) is 6.61 Å². The van der Waals surface area contributed by atoms with Gasteiger partial charge in [0.25, 0.3) is 0 Å². The molecule has 0 spiro atoms. The van der Waals surface area contributed by atoms with Gasteiger partial charge in [-0.05, 0) is 80.8 Å². The Bertz CT molecular complexity index is 1140. The van der Waals surface area contributed by atoms with E-state index in [2.05, 4.69) is 11.4 Å². The van der Waals surface area contributed by atoms with Crippen molar-refractivity contribution in [1.82, 2.24) is 5.32 Å². The van der Waals surface area contributed by atoms with Gasteiger partial charge in [0.05, 0.1) is 0 Å². The highest BCUT2D eigenvalue weighted by Crippen LogP contribution is 2.31. The van der Waals surface area contributed by atoms with Gasteiger partial charge in [0.15, 0.2) is 0 Å². The van der Waals surface area contributed by atoms with Gasteiger partial charge >= 0.3 is 5.63 Å². The third-order valence-electron chi connectivity index (χ3n) is 6.01. The number of nitrogens with one attached hydrogen (secondary N) is 1. The second-order valence-electron chi connectivity index (χ2n) is 8.84. The van der Waals surface area contributed by atoms with Gasteiger partial charge in [-0.25, -0.2) is 4.79 Å². The number of benzene rings is 2. The highest BCUT2D eigenvalue weighted by atomic mass is 16.5. The van der Waals surface area contributed by atoms with E-state index in [4.69, 9.17) is 9.15 Å². The lowest BCUT2D eigenvalue weighted by atomic mass is 9.87. The van der Waals surface area contributed by atoms with E-state index in [-0.39, 0.29) is 18.1 Å². The van der Waals surface area contributed by atoms with Crippen molar-refractivity contribution in [3.8, 4) is 5.75 Å². The zero-order chi connectivity index (χ0) is 22.7. The van der Waals surface area contributed by atoms with Crippen LogP contribution in [0.25, 0.3) is 11.0 Å². The van der Waals surface area contributed by atoms with Crippen LogP contribution in [0.15, 0.2) is 51.7 Å². The molecule has 3 N–H and O–H groups in total. The van der Waals surface area contributed by atoms with Crippen LogP contribution in [0.4, 0.5) is 0 Å². The van der Waals surface area contributed by atoms with Crippen molar-refractivity contribution >= 4 is 11.0 Å². The molecule has 0 radical (unpaired) electrons. The lowest BCUT2D eigenvalue weighted by Gasteiger charge is -2.28. The fourth-order valence-electron chi connectivity index (χ4n) is 4.57. The highest BCUT2D eigenvalue weighted by Gasteiger charge is 2.27. The molecule has 1 unspecified atom stereocenters. The number of aryl methyl sites for hydroxylation is 3. The second kappa shape index (κ2) is 9.45. The van der Waals surface area contributed by atoms with Crippen LogP contribution in [0, 0.1) is 6.92 Å². The van der Waals surface area contributed by atoms with Crippen molar-refractivity contribution in [2.24, 2.45) is 0 Å². The molecule has 6 heteroatoms. The largest absolute Gasteiger partial charge is 0.492 e. The summed E-state index contributed by atoms with van der Waals surface area (Å²) in [5.74, 6) is -1.31. The van der Waals surface area contributed by atoms with Gasteiger partial charge in [-0.2, -0.15) is 0 Å². The van der Waals surface area contributed by atoms with E-state index < -0.39 is 5.91 Å². The number of hydrogen-bond donors (Lipinski definition) is 3. The molecular formula is C26H31NO5. The van der Waals surface area contributed by atoms with Crippen molar-refractivity contribution in [3.05, 3.63) is 75.1 Å². The Kier molecular flexibility index (Phi) is 6.65. The molecule has 1 aliphatic carbocycles. The van der Waals surface area contributed by atoms with Gasteiger partial charge in [-0.1, -0.05) is 24.3 Å². The Morgan fingerprint density at radius 3 is 2.59 bits per heavy atom. The summed E-state index contributed by atoms with van der Waals surface area (Å²) in [7, 11) is 0. The Balaban J connectivity index is 1.48. The standard InChI is InChI=1S/C26H31NO5/c1-17-14-19(24-21-10-6-7-11-22(21)25(28)32-23(24)15-17)12-13-26(29,30)27-18(2)16-31-20-8-4-3-5-9-20/h3-5,8-9,14-15,18,27,29-30H,6-7,10-13,16H2,1-2H3. The van der Waals surface area contributed by atoms with Crippen LogP contribution in [0.2, 0.25) is 0 Å².